The van der Waals surface area contributed by atoms with Crippen molar-refractivity contribution in [2.45, 2.75) is 33.2 Å². The van der Waals surface area contributed by atoms with Crippen LogP contribution in [0.4, 0.5) is 0 Å². The molecule has 3 rings (SSSR count). The van der Waals surface area contributed by atoms with E-state index >= 15 is 0 Å². The summed E-state index contributed by atoms with van der Waals surface area (Å²) in [6.45, 7) is 7.95. The van der Waals surface area contributed by atoms with Crippen molar-refractivity contribution >= 4 is 11.8 Å². The number of aromatic nitrogens is 3. The summed E-state index contributed by atoms with van der Waals surface area (Å²) in [5, 5.41) is 4.23. The number of hydrogen-bond acceptors (Lipinski definition) is 5. The first-order valence-electron chi connectivity index (χ1n) is 8.50. The zero-order valence-corrected chi connectivity index (χ0v) is 14.8. The van der Waals surface area contributed by atoms with E-state index in [1.165, 1.54) is 6.39 Å². The van der Waals surface area contributed by atoms with Crippen molar-refractivity contribution in [3.8, 4) is 0 Å². The lowest BCUT2D eigenvalue weighted by molar-refractivity contribution is 0.0715. The van der Waals surface area contributed by atoms with Gasteiger partial charge in [-0.3, -0.25) is 14.3 Å². The average molecular weight is 345 g/mol. The monoisotopic (exact) mass is 345 g/mol. The van der Waals surface area contributed by atoms with E-state index in [1.807, 2.05) is 13.8 Å². The number of amides is 2. The van der Waals surface area contributed by atoms with Crippen LogP contribution in [0.2, 0.25) is 0 Å². The fourth-order valence-electron chi connectivity index (χ4n) is 2.90. The number of carbonyl (C=O) groups excluding carboxylic acids is 2. The second-order valence-electron chi connectivity index (χ2n) is 6.50. The van der Waals surface area contributed by atoms with Crippen LogP contribution >= 0.6 is 0 Å². The highest BCUT2D eigenvalue weighted by molar-refractivity contribution is 5.94. The van der Waals surface area contributed by atoms with Crippen LogP contribution < -0.4 is 0 Å². The van der Waals surface area contributed by atoms with Crippen LogP contribution in [-0.4, -0.2) is 62.6 Å². The van der Waals surface area contributed by atoms with Crippen LogP contribution in [0.3, 0.4) is 0 Å². The maximum Gasteiger partial charge on any atom is 0.276 e. The zero-order chi connectivity index (χ0) is 18.0. The Morgan fingerprint density at radius 3 is 2.36 bits per heavy atom. The Kier molecular flexibility index (Phi) is 4.87. The molecular formula is C17H23N5O3. The third-order valence-corrected chi connectivity index (χ3v) is 4.40. The van der Waals surface area contributed by atoms with Gasteiger partial charge in [-0.05, 0) is 27.2 Å². The van der Waals surface area contributed by atoms with E-state index in [0.717, 1.165) is 6.42 Å². The van der Waals surface area contributed by atoms with E-state index in [4.69, 9.17) is 4.42 Å². The molecule has 0 unspecified atom stereocenters. The van der Waals surface area contributed by atoms with Gasteiger partial charge in [-0.25, -0.2) is 4.98 Å². The molecule has 0 aromatic carbocycles. The minimum Gasteiger partial charge on any atom is -0.448 e. The summed E-state index contributed by atoms with van der Waals surface area (Å²) in [7, 11) is 0. The van der Waals surface area contributed by atoms with Gasteiger partial charge in [0.25, 0.3) is 11.8 Å². The third-order valence-electron chi connectivity index (χ3n) is 4.40. The fraction of sp³-hybridized carbons (Fsp3) is 0.529. The second kappa shape index (κ2) is 7.08. The van der Waals surface area contributed by atoms with Gasteiger partial charge in [0.05, 0.1) is 11.8 Å². The molecule has 0 radical (unpaired) electrons. The lowest BCUT2D eigenvalue weighted by Gasteiger charge is -2.21. The van der Waals surface area contributed by atoms with E-state index in [-0.39, 0.29) is 17.9 Å². The molecule has 2 amide bonds. The van der Waals surface area contributed by atoms with Gasteiger partial charge in [0.1, 0.15) is 5.76 Å². The quantitative estimate of drug-likeness (QED) is 0.846. The van der Waals surface area contributed by atoms with Crippen molar-refractivity contribution in [3.63, 3.8) is 0 Å². The Morgan fingerprint density at radius 2 is 1.80 bits per heavy atom. The van der Waals surface area contributed by atoms with Gasteiger partial charge in [-0.15, -0.1) is 0 Å². The minimum absolute atomic E-state index is 0.0428. The van der Waals surface area contributed by atoms with Crippen molar-refractivity contribution < 1.29 is 14.0 Å². The first kappa shape index (κ1) is 17.2. The highest BCUT2D eigenvalue weighted by Crippen LogP contribution is 2.14. The topological polar surface area (TPSA) is 84.5 Å². The highest BCUT2D eigenvalue weighted by Gasteiger charge is 2.26. The smallest absolute Gasteiger partial charge is 0.276 e. The third kappa shape index (κ3) is 3.57. The van der Waals surface area contributed by atoms with E-state index < -0.39 is 0 Å². The Morgan fingerprint density at radius 1 is 1.12 bits per heavy atom. The normalized spacial score (nSPS) is 15.5. The molecule has 0 N–H and O–H groups in total. The van der Waals surface area contributed by atoms with E-state index in [9.17, 15) is 9.59 Å². The van der Waals surface area contributed by atoms with Gasteiger partial charge in [0.2, 0.25) is 0 Å². The van der Waals surface area contributed by atoms with Crippen LogP contribution in [-0.2, 0) is 0 Å². The lowest BCUT2D eigenvalue weighted by atomic mass is 10.3. The summed E-state index contributed by atoms with van der Waals surface area (Å²) in [5.74, 6) is 0.329. The van der Waals surface area contributed by atoms with Crippen LogP contribution in [0, 0.1) is 6.92 Å². The number of rotatable bonds is 3. The van der Waals surface area contributed by atoms with Crippen LogP contribution in [0.1, 0.15) is 52.9 Å². The average Bonchev–Trinajstić information content (AvgIpc) is 3.17. The van der Waals surface area contributed by atoms with Gasteiger partial charge in [0, 0.05) is 38.4 Å². The van der Waals surface area contributed by atoms with E-state index in [0.29, 0.717) is 43.2 Å². The largest absolute Gasteiger partial charge is 0.448 e. The molecule has 8 nitrogen and oxygen atoms in total. The van der Waals surface area contributed by atoms with E-state index in [1.54, 1.807) is 33.8 Å². The van der Waals surface area contributed by atoms with Crippen LogP contribution in [0.5, 0.6) is 0 Å². The Hall–Kier alpha value is -2.64. The summed E-state index contributed by atoms with van der Waals surface area (Å²) in [4.78, 5) is 32.7. The summed E-state index contributed by atoms with van der Waals surface area (Å²) in [5.41, 5.74) is 0.929. The summed E-state index contributed by atoms with van der Waals surface area (Å²) >= 11 is 0. The zero-order valence-electron chi connectivity index (χ0n) is 14.8. The fourth-order valence-corrected chi connectivity index (χ4v) is 2.90. The van der Waals surface area contributed by atoms with Gasteiger partial charge in [-0.2, -0.15) is 5.10 Å². The molecule has 1 saturated heterocycles. The molecule has 0 saturated carbocycles. The molecule has 1 aliphatic heterocycles. The Bertz CT molecular complexity index is 764. The molecule has 0 aliphatic carbocycles. The predicted molar refractivity (Wildman–Crippen MR) is 90.3 cm³/mol. The van der Waals surface area contributed by atoms with E-state index in [2.05, 4.69) is 10.1 Å². The maximum absolute atomic E-state index is 12.7. The number of aryl methyl sites for hydroxylation is 1. The van der Waals surface area contributed by atoms with Crippen LogP contribution in [0.15, 0.2) is 23.2 Å². The first-order chi connectivity index (χ1) is 12.0. The Labute approximate surface area is 146 Å². The standard InChI is InChI=1S/C17H23N5O3/c1-12(2)22-10-14(9-19-22)16(23)20-5-4-6-21(8-7-20)17(24)15-13(3)25-11-18-15/h9-12H,4-8H2,1-3H3. The van der Waals surface area contributed by atoms with Crippen LogP contribution in [0.25, 0.3) is 0 Å². The van der Waals surface area contributed by atoms with Gasteiger partial charge in [-0.1, -0.05) is 0 Å². The van der Waals surface area contributed by atoms with Crippen molar-refractivity contribution in [1.82, 2.24) is 24.6 Å². The molecule has 2 aromatic heterocycles. The molecule has 0 bridgehead atoms. The summed E-state index contributed by atoms with van der Waals surface area (Å²) in [6, 6.07) is 0.212. The lowest BCUT2D eigenvalue weighted by Crippen LogP contribution is -2.37. The molecule has 1 aliphatic rings. The number of hydrogen-bond donors (Lipinski definition) is 0. The Balaban J connectivity index is 1.65. The van der Waals surface area contributed by atoms with Gasteiger partial charge < -0.3 is 14.2 Å². The second-order valence-corrected chi connectivity index (χ2v) is 6.50. The summed E-state index contributed by atoms with van der Waals surface area (Å²) < 4.78 is 6.89. The first-order valence-corrected chi connectivity index (χ1v) is 8.50. The molecule has 3 heterocycles. The summed E-state index contributed by atoms with van der Waals surface area (Å²) in [6.07, 6.45) is 5.39. The molecule has 0 spiro atoms. The van der Waals surface area contributed by atoms with Crippen molar-refractivity contribution in [1.29, 1.82) is 0 Å². The molecule has 2 aromatic rings. The maximum atomic E-state index is 12.7. The molecule has 1 fully saturated rings. The molecule has 0 atom stereocenters. The molecule has 25 heavy (non-hydrogen) atoms. The highest BCUT2D eigenvalue weighted by atomic mass is 16.3. The SMILES string of the molecule is Cc1ocnc1C(=O)N1CCCN(C(=O)c2cnn(C(C)C)c2)CC1. The number of oxazole rings is 1. The van der Waals surface area contributed by atoms with Crippen molar-refractivity contribution in [2.24, 2.45) is 0 Å². The predicted octanol–water partition coefficient (Wildman–Crippen LogP) is 1.75. The number of nitrogens with zero attached hydrogens (tertiary/aromatic N) is 5. The van der Waals surface area contributed by atoms with Crippen molar-refractivity contribution in [3.05, 3.63) is 35.8 Å². The molecular weight excluding hydrogens is 322 g/mol. The van der Waals surface area contributed by atoms with Crippen molar-refractivity contribution in [2.75, 3.05) is 26.2 Å². The number of carbonyl (C=O) groups is 2. The minimum atomic E-state index is -0.145. The molecule has 134 valence electrons. The van der Waals surface area contributed by atoms with Gasteiger partial charge in [0.15, 0.2) is 12.1 Å². The molecule has 8 heteroatoms. The van der Waals surface area contributed by atoms with Gasteiger partial charge >= 0.3 is 0 Å².